The molecule has 2 rings (SSSR count). The minimum absolute atomic E-state index is 0.585. The van der Waals surface area contributed by atoms with Crippen LogP contribution in [0, 0.1) is 0 Å². The predicted octanol–water partition coefficient (Wildman–Crippen LogP) is 2.92. The van der Waals surface area contributed by atoms with Gasteiger partial charge in [-0.15, -0.1) is 0 Å². The molecule has 100 valence electrons. The number of pyridine rings is 2. The molecule has 0 aromatic carbocycles. The fraction of sp³-hybridized carbons (Fsp3) is 0.333. The van der Waals surface area contributed by atoms with Crippen molar-refractivity contribution in [3.8, 4) is 5.88 Å². The largest absolute Gasteiger partial charge is 0.477 e. The smallest absolute Gasteiger partial charge is 0.215 e. The first-order valence-corrected chi connectivity index (χ1v) is 6.62. The summed E-state index contributed by atoms with van der Waals surface area (Å²) in [7, 11) is 0. The molecule has 0 aliphatic rings. The maximum absolute atomic E-state index is 5.64. The van der Waals surface area contributed by atoms with Crippen LogP contribution in [0.5, 0.6) is 5.88 Å². The monoisotopic (exact) mass is 257 g/mol. The molecule has 1 N–H and O–H groups in total. The van der Waals surface area contributed by atoms with Crippen molar-refractivity contribution in [2.75, 3.05) is 18.5 Å². The molecule has 0 atom stereocenters. The van der Waals surface area contributed by atoms with E-state index in [-0.39, 0.29) is 0 Å². The number of ether oxygens (including phenoxy) is 1. The predicted molar refractivity (Wildman–Crippen MR) is 76.5 cm³/mol. The van der Waals surface area contributed by atoms with Crippen molar-refractivity contribution >= 4 is 5.82 Å². The lowest BCUT2D eigenvalue weighted by molar-refractivity contribution is 0.308. The van der Waals surface area contributed by atoms with Crippen LogP contribution in [0.2, 0.25) is 0 Å². The van der Waals surface area contributed by atoms with Crippen molar-refractivity contribution in [1.29, 1.82) is 0 Å². The van der Waals surface area contributed by atoms with E-state index in [0.29, 0.717) is 12.5 Å². The van der Waals surface area contributed by atoms with E-state index in [1.807, 2.05) is 36.4 Å². The third-order valence-electron chi connectivity index (χ3n) is 2.61. The van der Waals surface area contributed by atoms with Crippen LogP contribution < -0.4 is 10.1 Å². The minimum atomic E-state index is 0.585. The second-order valence-electron chi connectivity index (χ2n) is 4.21. The highest BCUT2D eigenvalue weighted by atomic mass is 16.5. The Labute approximate surface area is 113 Å². The molecule has 4 nitrogen and oxygen atoms in total. The van der Waals surface area contributed by atoms with Gasteiger partial charge in [0.25, 0.3) is 0 Å². The number of anilines is 1. The van der Waals surface area contributed by atoms with Crippen molar-refractivity contribution in [3.63, 3.8) is 0 Å². The average molecular weight is 257 g/mol. The van der Waals surface area contributed by atoms with Gasteiger partial charge < -0.3 is 10.1 Å². The summed E-state index contributed by atoms with van der Waals surface area (Å²) in [6, 6.07) is 11.7. The molecule has 0 spiro atoms. The van der Waals surface area contributed by atoms with Crippen LogP contribution in [0.4, 0.5) is 5.82 Å². The Bertz CT molecular complexity index is 488. The molecule has 0 saturated heterocycles. The van der Waals surface area contributed by atoms with Crippen LogP contribution in [0.25, 0.3) is 0 Å². The van der Waals surface area contributed by atoms with Gasteiger partial charge in [0.05, 0.1) is 6.61 Å². The summed E-state index contributed by atoms with van der Waals surface area (Å²) < 4.78 is 5.64. The molecule has 0 radical (unpaired) electrons. The molecule has 2 heterocycles. The molecule has 0 aliphatic carbocycles. The highest BCUT2D eigenvalue weighted by Gasteiger charge is 1.99. The van der Waals surface area contributed by atoms with E-state index in [1.54, 1.807) is 6.20 Å². The second kappa shape index (κ2) is 7.36. The highest BCUT2D eigenvalue weighted by molar-refractivity contribution is 5.36. The van der Waals surface area contributed by atoms with E-state index in [1.165, 1.54) is 0 Å². The van der Waals surface area contributed by atoms with Gasteiger partial charge in [0.1, 0.15) is 5.82 Å². The van der Waals surface area contributed by atoms with E-state index < -0.39 is 0 Å². The Kier molecular flexibility index (Phi) is 5.17. The molecule has 19 heavy (non-hydrogen) atoms. The summed E-state index contributed by atoms with van der Waals surface area (Å²) in [6.07, 6.45) is 3.66. The normalized spacial score (nSPS) is 10.2. The van der Waals surface area contributed by atoms with Gasteiger partial charge in [-0.05, 0) is 24.6 Å². The Morgan fingerprint density at radius 3 is 2.89 bits per heavy atom. The standard InChI is InChI=1S/C15H19N3O/c1-2-10-17-14-7-5-8-15(18-14)19-12-9-13-6-3-4-11-16-13/h3-8,11H,2,9-10,12H2,1H3,(H,17,18). The van der Waals surface area contributed by atoms with Crippen LogP contribution in [0.3, 0.4) is 0 Å². The Hall–Kier alpha value is -2.10. The Balaban J connectivity index is 1.82. The summed E-state index contributed by atoms with van der Waals surface area (Å²) in [5.41, 5.74) is 1.03. The quantitative estimate of drug-likeness (QED) is 0.828. The molecule has 0 amide bonds. The molecule has 2 aromatic heterocycles. The highest BCUT2D eigenvalue weighted by Crippen LogP contribution is 2.11. The first-order valence-electron chi connectivity index (χ1n) is 6.62. The maximum atomic E-state index is 5.64. The van der Waals surface area contributed by atoms with Gasteiger partial charge >= 0.3 is 0 Å². The lowest BCUT2D eigenvalue weighted by Gasteiger charge is -2.08. The summed E-state index contributed by atoms with van der Waals surface area (Å²) in [5, 5.41) is 3.24. The molecule has 2 aromatic rings. The van der Waals surface area contributed by atoms with E-state index in [0.717, 1.165) is 30.9 Å². The van der Waals surface area contributed by atoms with Gasteiger partial charge in [-0.3, -0.25) is 4.98 Å². The van der Waals surface area contributed by atoms with Crippen molar-refractivity contribution < 1.29 is 4.74 Å². The summed E-state index contributed by atoms with van der Waals surface area (Å²) in [6.45, 7) is 3.63. The van der Waals surface area contributed by atoms with Gasteiger partial charge in [-0.1, -0.05) is 19.1 Å². The van der Waals surface area contributed by atoms with E-state index in [9.17, 15) is 0 Å². The number of hydrogen-bond acceptors (Lipinski definition) is 4. The van der Waals surface area contributed by atoms with Crippen molar-refractivity contribution in [1.82, 2.24) is 9.97 Å². The minimum Gasteiger partial charge on any atom is -0.477 e. The van der Waals surface area contributed by atoms with Crippen molar-refractivity contribution in [3.05, 3.63) is 48.3 Å². The van der Waals surface area contributed by atoms with Crippen LogP contribution in [0.1, 0.15) is 19.0 Å². The van der Waals surface area contributed by atoms with Gasteiger partial charge in [0.2, 0.25) is 5.88 Å². The molecule has 0 fully saturated rings. The van der Waals surface area contributed by atoms with Crippen LogP contribution in [-0.2, 0) is 6.42 Å². The molecular formula is C15H19N3O. The fourth-order valence-electron chi connectivity index (χ4n) is 1.65. The molecule has 0 bridgehead atoms. The third kappa shape index (κ3) is 4.58. The summed E-state index contributed by atoms with van der Waals surface area (Å²) in [5.74, 6) is 1.51. The maximum Gasteiger partial charge on any atom is 0.215 e. The lowest BCUT2D eigenvalue weighted by atomic mass is 10.3. The van der Waals surface area contributed by atoms with Crippen molar-refractivity contribution in [2.45, 2.75) is 19.8 Å². The number of rotatable bonds is 7. The number of hydrogen-bond donors (Lipinski definition) is 1. The van der Waals surface area contributed by atoms with Gasteiger partial charge in [0, 0.05) is 30.9 Å². The Morgan fingerprint density at radius 2 is 2.11 bits per heavy atom. The van der Waals surface area contributed by atoms with E-state index >= 15 is 0 Å². The first kappa shape index (κ1) is 13.3. The van der Waals surface area contributed by atoms with E-state index in [2.05, 4.69) is 22.2 Å². The molecule has 0 unspecified atom stereocenters. The molecule has 0 saturated carbocycles. The molecule has 0 aliphatic heterocycles. The number of aromatic nitrogens is 2. The summed E-state index contributed by atoms with van der Waals surface area (Å²) in [4.78, 5) is 8.64. The zero-order valence-electron chi connectivity index (χ0n) is 11.2. The zero-order valence-corrected chi connectivity index (χ0v) is 11.2. The molecular weight excluding hydrogens is 238 g/mol. The third-order valence-corrected chi connectivity index (χ3v) is 2.61. The number of nitrogens with zero attached hydrogens (tertiary/aromatic N) is 2. The van der Waals surface area contributed by atoms with E-state index in [4.69, 9.17) is 4.74 Å². The average Bonchev–Trinajstić information content (AvgIpc) is 2.47. The van der Waals surface area contributed by atoms with Gasteiger partial charge in [-0.2, -0.15) is 4.98 Å². The van der Waals surface area contributed by atoms with Crippen LogP contribution >= 0.6 is 0 Å². The topological polar surface area (TPSA) is 47.0 Å². The Morgan fingerprint density at radius 1 is 1.16 bits per heavy atom. The number of nitrogens with one attached hydrogen (secondary N) is 1. The van der Waals surface area contributed by atoms with Crippen LogP contribution in [-0.4, -0.2) is 23.1 Å². The van der Waals surface area contributed by atoms with Crippen LogP contribution in [0.15, 0.2) is 42.6 Å². The zero-order chi connectivity index (χ0) is 13.3. The van der Waals surface area contributed by atoms with Gasteiger partial charge in [-0.25, -0.2) is 0 Å². The second-order valence-corrected chi connectivity index (χ2v) is 4.21. The van der Waals surface area contributed by atoms with Gasteiger partial charge in [0.15, 0.2) is 0 Å². The summed E-state index contributed by atoms with van der Waals surface area (Å²) >= 11 is 0. The lowest BCUT2D eigenvalue weighted by Crippen LogP contribution is -2.06. The fourth-order valence-corrected chi connectivity index (χ4v) is 1.65. The first-order chi connectivity index (χ1) is 9.38. The molecule has 4 heteroatoms. The SMILES string of the molecule is CCCNc1cccc(OCCc2ccccn2)n1. The van der Waals surface area contributed by atoms with Crippen molar-refractivity contribution in [2.24, 2.45) is 0 Å².